The van der Waals surface area contributed by atoms with Crippen LogP contribution >= 0.6 is 0 Å². The van der Waals surface area contributed by atoms with Gasteiger partial charge in [0.15, 0.2) is 0 Å². The van der Waals surface area contributed by atoms with Gasteiger partial charge in [0.25, 0.3) is 0 Å². The molecule has 2 aromatic rings. The Balaban J connectivity index is 1.68. The average Bonchev–Trinajstić information content (AvgIpc) is 2.69. The van der Waals surface area contributed by atoms with Crippen LogP contribution in [0.3, 0.4) is 0 Å². The fourth-order valence-electron chi connectivity index (χ4n) is 3.54. The van der Waals surface area contributed by atoms with Gasteiger partial charge < -0.3 is 20.1 Å². The zero-order chi connectivity index (χ0) is 18.4. The summed E-state index contributed by atoms with van der Waals surface area (Å²) in [6.45, 7) is 1.28. The van der Waals surface area contributed by atoms with E-state index in [0.717, 1.165) is 19.3 Å². The number of anilines is 1. The Morgan fingerprint density at radius 2 is 2.15 bits per heavy atom. The first-order valence-electron chi connectivity index (χ1n) is 8.85. The Morgan fingerprint density at radius 1 is 1.35 bits per heavy atom. The van der Waals surface area contributed by atoms with Crippen molar-refractivity contribution in [3.63, 3.8) is 0 Å². The summed E-state index contributed by atoms with van der Waals surface area (Å²) in [6.07, 6.45) is 4.14. The van der Waals surface area contributed by atoms with Crippen LogP contribution in [0.2, 0.25) is 0 Å². The average molecular weight is 355 g/mol. The lowest BCUT2D eigenvalue weighted by Crippen LogP contribution is -2.50. The molecule has 2 N–H and O–H groups in total. The third-order valence-electron chi connectivity index (χ3n) is 4.90. The molecule has 1 aliphatic heterocycles. The summed E-state index contributed by atoms with van der Waals surface area (Å²) in [4.78, 5) is 18.5. The zero-order valence-electron chi connectivity index (χ0n) is 15.0. The Hall–Kier alpha value is -2.60. The Labute approximate surface area is 153 Å². The van der Waals surface area contributed by atoms with Crippen molar-refractivity contribution < 1.29 is 14.6 Å². The zero-order valence-corrected chi connectivity index (χ0v) is 15.0. The van der Waals surface area contributed by atoms with Crippen molar-refractivity contribution in [2.75, 3.05) is 32.1 Å². The fraction of sp³-hybridized carbons (Fsp3) is 0.400. The smallest absolute Gasteiger partial charge is 0.321 e. The largest absolute Gasteiger partial charge is 0.481 e. The van der Waals surface area contributed by atoms with Gasteiger partial charge >= 0.3 is 6.03 Å². The molecular weight excluding hydrogens is 330 g/mol. The van der Waals surface area contributed by atoms with Crippen molar-refractivity contribution in [2.24, 2.45) is 5.41 Å². The summed E-state index contributed by atoms with van der Waals surface area (Å²) in [5.74, 6) is 0.454. The van der Waals surface area contributed by atoms with Gasteiger partial charge in [0.2, 0.25) is 5.88 Å². The van der Waals surface area contributed by atoms with Gasteiger partial charge in [-0.25, -0.2) is 9.78 Å². The van der Waals surface area contributed by atoms with Crippen LogP contribution in [0.25, 0.3) is 0 Å². The number of methoxy groups -OCH3 is 1. The molecule has 3 rings (SSSR count). The predicted octanol–water partition coefficient (Wildman–Crippen LogP) is 2.94. The maximum Gasteiger partial charge on any atom is 0.321 e. The van der Waals surface area contributed by atoms with Crippen LogP contribution in [0.15, 0.2) is 48.7 Å². The van der Waals surface area contributed by atoms with Crippen molar-refractivity contribution in [1.82, 2.24) is 9.88 Å². The van der Waals surface area contributed by atoms with Crippen molar-refractivity contribution in [3.05, 3.63) is 54.2 Å². The van der Waals surface area contributed by atoms with Crippen LogP contribution in [-0.4, -0.2) is 47.8 Å². The molecule has 2 heterocycles. The highest BCUT2D eigenvalue weighted by Crippen LogP contribution is 2.33. The lowest BCUT2D eigenvalue weighted by atomic mass is 9.76. The number of pyridine rings is 1. The van der Waals surface area contributed by atoms with Gasteiger partial charge in [0, 0.05) is 36.5 Å². The molecule has 1 fully saturated rings. The molecule has 138 valence electrons. The Morgan fingerprint density at radius 3 is 2.88 bits per heavy atom. The molecule has 6 heteroatoms. The molecule has 2 amide bonds. The van der Waals surface area contributed by atoms with Gasteiger partial charge in [0.1, 0.15) is 0 Å². The second kappa shape index (κ2) is 8.19. The number of amides is 2. The van der Waals surface area contributed by atoms with E-state index in [1.807, 2.05) is 18.2 Å². The molecular formula is C20H25N3O3. The number of piperidine rings is 1. The van der Waals surface area contributed by atoms with Crippen LogP contribution < -0.4 is 10.1 Å². The van der Waals surface area contributed by atoms with E-state index in [1.165, 1.54) is 12.7 Å². The molecule has 1 atom stereocenters. The predicted molar refractivity (Wildman–Crippen MR) is 100 cm³/mol. The second-order valence-corrected chi connectivity index (χ2v) is 6.86. The number of rotatable bonds is 5. The third kappa shape index (κ3) is 4.32. The number of nitrogens with one attached hydrogen (secondary N) is 1. The topological polar surface area (TPSA) is 74.7 Å². The number of nitrogens with zero attached hydrogens (tertiary/aromatic N) is 2. The summed E-state index contributed by atoms with van der Waals surface area (Å²) in [5.41, 5.74) is 1.53. The molecule has 1 aliphatic rings. The van der Waals surface area contributed by atoms with E-state index in [2.05, 4.69) is 22.4 Å². The lowest BCUT2D eigenvalue weighted by molar-refractivity contribution is 0.0500. The highest BCUT2D eigenvalue weighted by atomic mass is 16.5. The van der Waals surface area contributed by atoms with Crippen molar-refractivity contribution in [2.45, 2.75) is 19.3 Å². The molecule has 1 aromatic carbocycles. The molecule has 1 unspecified atom stereocenters. The maximum atomic E-state index is 12.7. The molecule has 0 aliphatic carbocycles. The van der Waals surface area contributed by atoms with E-state index < -0.39 is 0 Å². The Bertz CT molecular complexity index is 738. The number of benzene rings is 1. The number of carbonyl (C=O) groups excluding carboxylic acids is 1. The molecule has 0 saturated carbocycles. The molecule has 0 radical (unpaired) electrons. The molecule has 0 spiro atoms. The van der Waals surface area contributed by atoms with E-state index in [1.54, 1.807) is 23.2 Å². The normalized spacial score (nSPS) is 19.8. The maximum absolute atomic E-state index is 12.7. The van der Waals surface area contributed by atoms with Crippen molar-refractivity contribution >= 4 is 11.7 Å². The van der Waals surface area contributed by atoms with Gasteiger partial charge in [-0.2, -0.15) is 0 Å². The van der Waals surface area contributed by atoms with Crippen LogP contribution in [0.1, 0.15) is 18.4 Å². The van der Waals surface area contributed by atoms with Gasteiger partial charge in [-0.1, -0.05) is 30.3 Å². The number of aliphatic hydroxyl groups is 1. The minimum atomic E-state index is -0.299. The van der Waals surface area contributed by atoms with Gasteiger partial charge in [0.05, 0.1) is 13.7 Å². The molecule has 1 aromatic heterocycles. The number of aliphatic hydroxyl groups excluding tert-OH is 1. The summed E-state index contributed by atoms with van der Waals surface area (Å²) in [5, 5.41) is 13.0. The molecule has 1 saturated heterocycles. The molecule has 6 nitrogen and oxygen atoms in total. The van der Waals surface area contributed by atoms with Crippen LogP contribution in [0.5, 0.6) is 5.88 Å². The minimum absolute atomic E-state index is 0.0642. The van der Waals surface area contributed by atoms with Crippen LogP contribution in [0.4, 0.5) is 10.5 Å². The monoisotopic (exact) mass is 355 g/mol. The van der Waals surface area contributed by atoms with Gasteiger partial charge in [-0.3, -0.25) is 0 Å². The second-order valence-electron chi connectivity index (χ2n) is 6.86. The fourth-order valence-corrected chi connectivity index (χ4v) is 3.54. The highest BCUT2D eigenvalue weighted by molar-refractivity contribution is 5.89. The number of hydrogen-bond acceptors (Lipinski definition) is 4. The first-order valence-corrected chi connectivity index (χ1v) is 8.85. The molecule has 26 heavy (non-hydrogen) atoms. The number of aromatic nitrogens is 1. The Kier molecular flexibility index (Phi) is 5.73. The van der Waals surface area contributed by atoms with Crippen LogP contribution in [0, 0.1) is 5.41 Å². The van der Waals surface area contributed by atoms with Crippen molar-refractivity contribution in [1.29, 1.82) is 0 Å². The van der Waals surface area contributed by atoms with Gasteiger partial charge in [-0.15, -0.1) is 0 Å². The summed E-state index contributed by atoms with van der Waals surface area (Å²) in [6, 6.07) is 13.4. The standard InChI is InChI=1S/C20H25N3O3/c1-26-18-12-17(8-10-21-18)22-19(25)23-11-5-9-20(14-23,15-24)13-16-6-3-2-4-7-16/h2-4,6-8,10,12,24H,5,9,11,13-15H2,1H3,(H,21,22,25). The van der Waals surface area contributed by atoms with Gasteiger partial charge in [-0.05, 0) is 30.9 Å². The number of ether oxygens (including phenoxy) is 1. The summed E-state index contributed by atoms with van der Waals surface area (Å²) in [7, 11) is 1.54. The van der Waals surface area contributed by atoms with Crippen LogP contribution in [-0.2, 0) is 6.42 Å². The molecule has 0 bridgehead atoms. The highest BCUT2D eigenvalue weighted by Gasteiger charge is 2.37. The number of urea groups is 1. The SMILES string of the molecule is COc1cc(NC(=O)N2CCCC(CO)(Cc3ccccc3)C2)ccn1. The first kappa shape index (κ1) is 18.2. The van der Waals surface area contributed by atoms with E-state index >= 15 is 0 Å². The van der Waals surface area contributed by atoms with E-state index in [0.29, 0.717) is 24.7 Å². The quantitative estimate of drug-likeness (QED) is 0.865. The summed E-state index contributed by atoms with van der Waals surface area (Å²) >= 11 is 0. The number of hydrogen-bond donors (Lipinski definition) is 2. The third-order valence-corrected chi connectivity index (χ3v) is 4.90. The number of carbonyl (C=O) groups is 1. The van der Waals surface area contributed by atoms with E-state index in [-0.39, 0.29) is 18.1 Å². The van der Waals surface area contributed by atoms with E-state index in [9.17, 15) is 9.90 Å². The minimum Gasteiger partial charge on any atom is -0.481 e. The summed E-state index contributed by atoms with van der Waals surface area (Å²) < 4.78 is 5.09. The number of likely N-dealkylation sites (tertiary alicyclic amines) is 1. The first-order chi connectivity index (χ1) is 12.6. The van der Waals surface area contributed by atoms with E-state index in [4.69, 9.17) is 4.74 Å². The lowest BCUT2D eigenvalue weighted by Gasteiger charge is -2.42. The van der Waals surface area contributed by atoms with Crippen molar-refractivity contribution in [3.8, 4) is 5.88 Å².